The lowest BCUT2D eigenvalue weighted by molar-refractivity contribution is -0.0373. The Kier molecular flexibility index (Phi) is 4.61. The molecule has 1 N–H and O–H groups in total. The quantitative estimate of drug-likeness (QED) is 0.779. The summed E-state index contributed by atoms with van der Waals surface area (Å²) in [7, 11) is 0. The summed E-state index contributed by atoms with van der Waals surface area (Å²) in [5.74, 6) is 0.785. The van der Waals surface area contributed by atoms with Crippen LogP contribution in [0.4, 0.5) is 0 Å². The van der Waals surface area contributed by atoms with Crippen molar-refractivity contribution < 1.29 is 4.74 Å². The van der Waals surface area contributed by atoms with Gasteiger partial charge in [0.15, 0.2) is 5.82 Å². The van der Waals surface area contributed by atoms with Crippen molar-refractivity contribution in [1.29, 1.82) is 0 Å². The Morgan fingerprint density at radius 3 is 2.92 bits per heavy atom. The summed E-state index contributed by atoms with van der Waals surface area (Å²) in [6.45, 7) is 7.21. The number of morpholine rings is 1. The van der Waals surface area contributed by atoms with Crippen LogP contribution in [0.25, 0.3) is 10.6 Å². The number of hydrogen-bond donors (Lipinski definition) is 1. The zero-order valence-corrected chi connectivity index (χ0v) is 15.2. The third-order valence-corrected chi connectivity index (χ3v) is 5.20. The van der Waals surface area contributed by atoms with E-state index < -0.39 is 0 Å². The van der Waals surface area contributed by atoms with Crippen molar-refractivity contribution in [2.75, 3.05) is 19.7 Å². The molecule has 1 fully saturated rings. The van der Waals surface area contributed by atoms with Gasteiger partial charge in [-0.15, -0.1) is 11.3 Å². The number of H-pyrrole nitrogens is 1. The molecule has 0 spiro atoms. The predicted molar refractivity (Wildman–Crippen MR) is 97.4 cm³/mol. The molecule has 1 aliphatic rings. The molecule has 1 atom stereocenters. The van der Waals surface area contributed by atoms with Crippen molar-refractivity contribution in [2.45, 2.75) is 26.5 Å². The first-order chi connectivity index (χ1) is 12.2. The van der Waals surface area contributed by atoms with E-state index in [4.69, 9.17) is 4.74 Å². The molecule has 1 saturated heterocycles. The molecule has 1 aliphatic heterocycles. The first-order valence-corrected chi connectivity index (χ1v) is 9.29. The molecule has 3 aromatic heterocycles. The summed E-state index contributed by atoms with van der Waals surface area (Å²) in [4.78, 5) is 12.7. The molecular formula is C18H21N5OS. The Bertz CT molecular complexity index is 825. The van der Waals surface area contributed by atoms with Gasteiger partial charge in [-0.05, 0) is 31.4 Å². The van der Waals surface area contributed by atoms with E-state index in [0.29, 0.717) is 6.61 Å². The van der Waals surface area contributed by atoms with Crippen LogP contribution in [0.1, 0.15) is 28.9 Å². The summed E-state index contributed by atoms with van der Waals surface area (Å²) in [6.07, 6.45) is 1.84. The smallest absolute Gasteiger partial charge is 0.158 e. The van der Waals surface area contributed by atoms with Gasteiger partial charge in [0, 0.05) is 36.6 Å². The predicted octanol–water partition coefficient (Wildman–Crippen LogP) is 3.12. The van der Waals surface area contributed by atoms with E-state index in [9.17, 15) is 0 Å². The van der Waals surface area contributed by atoms with Crippen molar-refractivity contribution in [3.63, 3.8) is 0 Å². The second-order valence-electron chi connectivity index (χ2n) is 6.35. The van der Waals surface area contributed by atoms with Crippen molar-refractivity contribution in [3.05, 3.63) is 52.6 Å². The number of thiophene rings is 1. The molecule has 3 aromatic rings. The fraction of sp³-hybridized carbons (Fsp3) is 0.389. The van der Waals surface area contributed by atoms with E-state index in [1.165, 1.54) is 10.4 Å². The van der Waals surface area contributed by atoms with Crippen LogP contribution >= 0.6 is 11.3 Å². The second kappa shape index (κ2) is 7.03. The van der Waals surface area contributed by atoms with Gasteiger partial charge in [-0.2, -0.15) is 5.10 Å². The number of nitrogens with one attached hydrogen (secondary N) is 1. The number of aryl methyl sites for hydroxylation is 2. The van der Waals surface area contributed by atoms with Crippen LogP contribution in [0.5, 0.6) is 0 Å². The Morgan fingerprint density at radius 1 is 1.32 bits per heavy atom. The highest BCUT2D eigenvalue weighted by molar-refractivity contribution is 7.13. The van der Waals surface area contributed by atoms with Gasteiger partial charge in [0.1, 0.15) is 6.10 Å². The Labute approximate surface area is 150 Å². The van der Waals surface area contributed by atoms with E-state index >= 15 is 0 Å². The molecule has 0 saturated carbocycles. The largest absolute Gasteiger partial charge is 0.368 e. The molecule has 25 heavy (non-hydrogen) atoms. The lowest BCUT2D eigenvalue weighted by Crippen LogP contribution is -2.38. The number of ether oxygens (including phenoxy) is 1. The third kappa shape index (κ3) is 3.63. The zero-order valence-electron chi connectivity index (χ0n) is 14.4. The van der Waals surface area contributed by atoms with Crippen LogP contribution in [-0.4, -0.2) is 44.8 Å². The van der Waals surface area contributed by atoms with E-state index in [1.807, 2.05) is 26.1 Å². The van der Waals surface area contributed by atoms with E-state index in [-0.39, 0.29) is 6.10 Å². The summed E-state index contributed by atoms with van der Waals surface area (Å²) in [5.41, 5.74) is 4.29. The Balaban J connectivity index is 1.50. The number of hydrogen-bond acceptors (Lipinski definition) is 6. The van der Waals surface area contributed by atoms with E-state index in [0.717, 1.165) is 42.5 Å². The third-order valence-electron chi connectivity index (χ3n) is 4.32. The van der Waals surface area contributed by atoms with E-state index in [1.54, 1.807) is 11.3 Å². The normalized spacial score (nSPS) is 18.6. The molecule has 4 rings (SSSR count). The van der Waals surface area contributed by atoms with Crippen LogP contribution in [0.3, 0.4) is 0 Å². The lowest BCUT2D eigenvalue weighted by Gasteiger charge is -2.32. The van der Waals surface area contributed by atoms with Crippen LogP contribution < -0.4 is 0 Å². The minimum absolute atomic E-state index is 0.0792. The maximum atomic E-state index is 5.94. The molecule has 0 bridgehead atoms. The van der Waals surface area contributed by atoms with Gasteiger partial charge < -0.3 is 4.74 Å². The Morgan fingerprint density at radius 2 is 2.16 bits per heavy atom. The highest BCUT2D eigenvalue weighted by Gasteiger charge is 2.25. The zero-order chi connectivity index (χ0) is 17.2. The summed E-state index contributed by atoms with van der Waals surface area (Å²) in [6, 6.07) is 6.17. The molecular weight excluding hydrogens is 334 g/mol. The maximum Gasteiger partial charge on any atom is 0.158 e. The summed E-state index contributed by atoms with van der Waals surface area (Å²) >= 11 is 1.72. The first-order valence-electron chi connectivity index (χ1n) is 8.41. The van der Waals surface area contributed by atoms with Gasteiger partial charge in [0.2, 0.25) is 0 Å². The van der Waals surface area contributed by atoms with Gasteiger partial charge in [0.25, 0.3) is 0 Å². The molecule has 0 unspecified atom stereocenters. The summed E-state index contributed by atoms with van der Waals surface area (Å²) < 4.78 is 5.94. The van der Waals surface area contributed by atoms with Gasteiger partial charge in [-0.3, -0.25) is 10.00 Å². The fourth-order valence-corrected chi connectivity index (χ4v) is 3.96. The topological polar surface area (TPSA) is 66.9 Å². The molecule has 0 aliphatic carbocycles. The van der Waals surface area contributed by atoms with Crippen LogP contribution in [-0.2, 0) is 11.3 Å². The highest BCUT2D eigenvalue weighted by atomic mass is 32.1. The van der Waals surface area contributed by atoms with Crippen molar-refractivity contribution in [1.82, 2.24) is 25.1 Å². The maximum absolute atomic E-state index is 5.94. The van der Waals surface area contributed by atoms with Crippen LogP contribution in [0.2, 0.25) is 0 Å². The van der Waals surface area contributed by atoms with Gasteiger partial charge in [-0.25, -0.2) is 9.97 Å². The van der Waals surface area contributed by atoms with Crippen molar-refractivity contribution >= 4 is 11.3 Å². The van der Waals surface area contributed by atoms with Crippen molar-refractivity contribution in [3.8, 4) is 10.6 Å². The fourth-order valence-electron chi connectivity index (χ4n) is 3.21. The second-order valence-corrected chi connectivity index (χ2v) is 7.30. The minimum atomic E-state index is -0.0792. The number of aromatic nitrogens is 4. The Hall–Kier alpha value is -2.09. The minimum Gasteiger partial charge on any atom is -0.368 e. The molecule has 0 amide bonds. The lowest BCUT2D eigenvalue weighted by atomic mass is 10.1. The number of rotatable bonds is 4. The van der Waals surface area contributed by atoms with E-state index in [2.05, 4.69) is 42.6 Å². The molecule has 130 valence electrons. The highest BCUT2D eigenvalue weighted by Crippen LogP contribution is 2.28. The number of aromatic amines is 1. The standard InChI is InChI=1S/C18H21N5OS/c1-12-8-13(2)21-18(20-12)15-11-23(5-6-24-15)10-14-9-19-22-17(14)16-4-3-7-25-16/h3-4,7-9,15H,5-6,10-11H2,1-2H3,(H,19,22)/t15-/m1/s1. The molecule has 4 heterocycles. The van der Waals surface area contributed by atoms with Crippen LogP contribution in [0, 0.1) is 13.8 Å². The average Bonchev–Trinajstić information content (AvgIpc) is 3.25. The van der Waals surface area contributed by atoms with Crippen molar-refractivity contribution in [2.24, 2.45) is 0 Å². The van der Waals surface area contributed by atoms with Crippen LogP contribution in [0.15, 0.2) is 29.8 Å². The number of nitrogens with zero attached hydrogens (tertiary/aromatic N) is 4. The molecule has 0 radical (unpaired) electrons. The van der Waals surface area contributed by atoms with Gasteiger partial charge in [-0.1, -0.05) is 6.07 Å². The summed E-state index contributed by atoms with van der Waals surface area (Å²) in [5, 5.41) is 9.46. The van der Waals surface area contributed by atoms with Gasteiger partial charge >= 0.3 is 0 Å². The SMILES string of the molecule is Cc1cc(C)nc([C@H]2CN(Cc3cn[nH]c3-c3cccs3)CCO2)n1. The molecule has 0 aromatic carbocycles. The van der Waals surface area contributed by atoms with Gasteiger partial charge in [0.05, 0.1) is 23.4 Å². The molecule has 6 nitrogen and oxygen atoms in total. The monoisotopic (exact) mass is 355 g/mol. The molecule has 7 heteroatoms. The average molecular weight is 355 g/mol. The first kappa shape index (κ1) is 16.4.